The maximum atomic E-state index is 12.6. The number of likely N-dealkylation sites (N-methyl/N-ethyl adjacent to an activating group) is 1. The van der Waals surface area contributed by atoms with Gasteiger partial charge in [0, 0.05) is 19.3 Å². The van der Waals surface area contributed by atoms with Crippen LogP contribution < -0.4 is 0 Å². The van der Waals surface area contributed by atoms with Crippen molar-refractivity contribution in [1.29, 1.82) is 0 Å². The molecule has 8 nitrogen and oxygen atoms in total. The summed E-state index contributed by atoms with van der Waals surface area (Å²) in [6, 6.07) is -0.623. The van der Waals surface area contributed by atoms with Gasteiger partial charge in [0.05, 0.1) is 34.4 Å². The Labute approximate surface area is 286 Å². The molecule has 0 saturated carbocycles. The molecule has 0 aromatic rings. The van der Waals surface area contributed by atoms with Gasteiger partial charge in [-0.15, -0.1) is 0 Å². The van der Waals surface area contributed by atoms with E-state index in [1.807, 2.05) is 21.1 Å². The lowest BCUT2D eigenvalue weighted by Gasteiger charge is -2.31. The van der Waals surface area contributed by atoms with Crippen LogP contribution in [0.5, 0.6) is 0 Å². The van der Waals surface area contributed by atoms with Crippen LogP contribution >= 0.6 is 0 Å². The minimum absolute atomic E-state index is 0.0384. The van der Waals surface area contributed by atoms with Crippen LogP contribution in [0.1, 0.15) is 117 Å². The van der Waals surface area contributed by atoms with E-state index in [4.69, 9.17) is 14.2 Å². The topological polar surface area (TPSA) is 99.1 Å². The Kier molecular flexibility index (Phi) is 28.4. The molecule has 0 saturated heterocycles. The number of allylic oxidation sites excluding steroid dienone is 10. The maximum Gasteiger partial charge on any atom is 0.362 e. The standard InChI is InChI=1S/C39H65NO7/c1-6-8-10-12-14-16-17-18-19-20-22-24-26-28-30-38(42)47-35(33-45-32-31-36(39(43)44)40(3,4)5)34-46-37(41)29-27-25-23-21-15-13-11-9-7-2/h8-11,14-16,18-19,21,35-36H,6-7,12-13,17,20,22-34H2,1-5H3/p+1/b10-8+,11-9+,16-14+,19-18+,21-15+. The number of hydrogen-bond donors (Lipinski definition) is 1. The first-order valence-electron chi connectivity index (χ1n) is 17.8. The molecule has 0 aliphatic carbocycles. The quantitative estimate of drug-likeness (QED) is 0.0356. The summed E-state index contributed by atoms with van der Waals surface area (Å²) in [5.74, 6) is -1.56. The average Bonchev–Trinajstić information content (AvgIpc) is 3.01. The van der Waals surface area contributed by atoms with Gasteiger partial charge in [0.15, 0.2) is 12.1 Å². The normalized spacial score (nSPS) is 13.8. The van der Waals surface area contributed by atoms with E-state index in [1.54, 1.807) is 0 Å². The monoisotopic (exact) mass is 660 g/mol. The Hall–Kier alpha value is -2.97. The van der Waals surface area contributed by atoms with Gasteiger partial charge in [-0.2, -0.15) is 0 Å². The fraction of sp³-hybridized carbons (Fsp3) is 0.667. The third kappa shape index (κ3) is 28.9. The van der Waals surface area contributed by atoms with Gasteiger partial charge in [-0.3, -0.25) is 9.59 Å². The summed E-state index contributed by atoms with van der Waals surface area (Å²) < 4.78 is 17.1. The van der Waals surface area contributed by atoms with Crippen LogP contribution in [0.15, 0.2) is 60.8 Å². The van der Waals surface area contributed by atoms with E-state index >= 15 is 0 Å². The summed E-state index contributed by atoms with van der Waals surface area (Å²) in [6.07, 6.45) is 34.2. The van der Waals surface area contributed by atoms with Crippen LogP contribution in [-0.2, 0) is 28.6 Å². The summed E-state index contributed by atoms with van der Waals surface area (Å²) in [4.78, 5) is 36.6. The maximum absolute atomic E-state index is 12.6. The number of carboxylic acids is 1. The summed E-state index contributed by atoms with van der Waals surface area (Å²) in [5, 5.41) is 9.56. The van der Waals surface area contributed by atoms with Crippen LogP contribution in [-0.4, -0.2) is 80.6 Å². The summed E-state index contributed by atoms with van der Waals surface area (Å²) in [6.45, 7) is 4.40. The molecule has 0 aromatic heterocycles. The molecule has 0 fully saturated rings. The van der Waals surface area contributed by atoms with E-state index < -0.39 is 18.1 Å². The number of carbonyl (C=O) groups excluding carboxylic acids is 2. The Bertz CT molecular complexity index is 959. The average molecular weight is 661 g/mol. The number of rotatable bonds is 30. The number of hydrogen-bond acceptors (Lipinski definition) is 6. The summed E-state index contributed by atoms with van der Waals surface area (Å²) >= 11 is 0. The smallest absolute Gasteiger partial charge is 0.362 e. The first-order valence-corrected chi connectivity index (χ1v) is 17.8. The molecule has 0 heterocycles. The van der Waals surface area contributed by atoms with E-state index in [2.05, 4.69) is 74.6 Å². The summed E-state index contributed by atoms with van der Waals surface area (Å²) in [5.41, 5.74) is 0. The number of unbranched alkanes of at least 4 members (excludes halogenated alkanes) is 6. The number of carbonyl (C=O) groups is 3. The molecule has 0 rings (SSSR count). The molecule has 0 aromatic carbocycles. The van der Waals surface area contributed by atoms with E-state index in [-0.39, 0.29) is 36.2 Å². The Morgan fingerprint density at radius 1 is 0.638 bits per heavy atom. The minimum atomic E-state index is -0.888. The molecule has 2 unspecified atom stereocenters. The Morgan fingerprint density at radius 2 is 1.13 bits per heavy atom. The molecule has 0 amide bonds. The van der Waals surface area contributed by atoms with Crippen LogP contribution in [0.4, 0.5) is 0 Å². The zero-order chi connectivity index (χ0) is 35.0. The molecule has 268 valence electrons. The second-order valence-electron chi connectivity index (χ2n) is 12.7. The fourth-order valence-corrected chi connectivity index (χ4v) is 4.67. The molecule has 0 bridgehead atoms. The van der Waals surface area contributed by atoms with Crippen molar-refractivity contribution >= 4 is 17.9 Å². The van der Waals surface area contributed by atoms with E-state index in [9.17, 15) is 19.5 Å². The minimum Gasteiger partial charge on any atom is -0.477 e. The number of carboxylic acid groups (broad SMARTS) is 1. The zero-order valence-electron chi connectivity index (χ0n) is 30.2. The van der Waals surface area contributed by atoms with Crippen LogP contribution in [0, 0.1) is 0 Å². The molecule has 47 heavy (non-hydrogen) atoms. The number of ether oxygens (including phenoxy) is 3. The van der Waals surface area contributed by atoms with Gasteiger partial charge in [0.2, 0.25) is 0 Å². The first-order chi connectivity index (χ1) is 22.6. The van der Waals surface area contributed by atoms with Crippen molar-refractivity contribution in [2.24, 2.45) is 0 Å². The predicted molar refractivity (Wildman–Crippen MR) is 192 cm³/mol. The first kappa shape index (κ1) is 44.0. The lowest BCUT2D eigenvalue weighted by molar-refractivity contribution is -0.887. The number of esters is 2. The van der Waals surface area contributed by atoms with Gasteiger partial charge in [-0.1, -0.05) is 87.4 Å². The van der Waals surface area contributed by atoms with E-state index in [1.165, 1.54) is 0 Å². The molecule has 0 aliphatic rings. The van der Waals surface area contributed by atoms with Gasteiger partial charge in [-0.05, 0) is 70.6 Å². The van der Waals surface area contributed by atoms with Crippen molar-refractivity contribution in [3.05, 3.63) is 60.8 Å². The van der Waals surface area contributed by atoms with E-state index in [0.717, 1.165) is 83.5 Å². The van der Waals surface area contributed by atoms with Crippen molar-refractivity contribution in [3.8, 4) is 0 Å². The number of aliphatic carboxylic acids is 1. The van der Waals surface area contributed by atoms with Crippen molar-refractivity contribution < 1.29 is 38.2 Å². The highest BCUT2D eigenvalue weighted by molar-refractivity contribution is 5.72. The van der Waals surface area contributed by atoms with Crippen LogP contribution in [0.25, 0.3) is 0 Å². The highest BCUT2D eigenvalue weighted by atomic mass is 16.6. The van der Waals surface area contributed by atoms with Crippen LogP contribution in [0.3, 0.4) is 0 Å². The summed E-state index contributed by atoms with van der Waals surface area (Å²) in [7, 11) is 5.48. The molecular weight excluding hydrogens is 594 g/mol. The third-order valence-corrected chi connectivity index (χ3v) is 7.41. The van der Waals surface area contributed by atoms with Crippen molar-refractivity contribution in [1.82, 2.24) is 0 Å². The molecular formula is C39H66NO7+. The Morgan fingerprint density at radius 3 is 1.68 bits per heavy atom. The lowest BCUT2D eigenvalue weighted by atomic mass is 10.1. The highest BCUT2D eigenvalue weighted by Crippen LogP contribution is 2.11. The van der Waals surface area contributed by atoms with Crippen molar-refractivity contribution in [2.75, 3.05) is 41.0 Å². The van der Waals surface area contributed by atoms with Gasteiger partial charge in [0.1, 0.15) is 6.61 Å². The van der Waals surface area contributed by atoms with Crippen LogP contribution in [0.2, 0.25) is 0 Å². The molecule has 1 N–H and O–H groups in total. The predicted octanol–water partition coefficient (Wildman–Crippen LogP) is 8.68. The molecule has 0 spiro atoms. The fourth-order valence-electron chi connectivity index (χ4n) is 4.67. The Balaban J connectivity index is 4.54. The lowest BCUT2D eigenvalue weighted by Crippen LogP contribution is -2.50. The molecule has 8 heteroatoms. The SMILES string of the molecule is CC/C=C/C/C=C/C/C=C/CCCCCCC(=O)OC(COCCC(C(=O)O)[N+](C)(C)C)COC(=O)CCCC/C=C/C/C=C/CC. The third-order valence-electron chi connectivity index (χ3n) is 7.41. The van der Waals surface area contributed by atoms with Gasteiger partial charge < -0.3 is 23.8 Å². The second-order valence-corrected chi connectivity index (χ2v) is 12.7. The van der Waals surface area contributed by atoms with Gasteiger partial charge >= 0.3 is 17.9 Å². The highest BCUT2D eigenvalue weighted by Gasteiger charge is 2.31. The van der Waals surface area contributed by atoms with Crippen molar-refractivity contribution in [3.63, 3.8) is 0 Å². The van der Waals surface area contributed by atoms with E-state index in [0.29, 0.717) is 19.3 Å². The molecule has 0 aliphatic heterocycles. The second kappa shape index (κ2) is 30.4. The van der Waals surface area contributed by atoms with Gasteiger partial charge in [-0.25, -0.2) is 4.79 Å². The number of nitrogens with zero attached hydrogens (tertiary/aromatic N) is 1. The molecule has 0 radical (unpaired) electrons. The number of quaternary nitrogens is 1. The molecule has 2 atom stereocenters. The van der Waals surface area contributed by atoms with Crippen molar-refractivity contribution in [2.45, 2.75) is 129 Å². The largest absolute Gasteiger partial charge is 0.477 e. The zero-order valence-corrected chi connectivity index (χ0v) is 30.2. The van der Waals surface area contributed by atoms with Gasteiger partial charge in [0.25, 0.3) is 0 Å².